The number of pyridine rings is 1. The number of thiophene rings is 1. The van der Waals surface area contributed by atoms with Gasteiger partial charge in [-0.05, 0) is 35.9 Å². The number of allylic oxidation sites excluding steroid dienone is 2. The van der Waals surface area contributed by atoms with E-state index >= 15 is 0 Å². The molecular formula is C15H14N4O2S. The van der Waals surface area contributed by atoms with Crippen LogP contribution in [-0.2, 0) is 0 Å². The van der Waals surface area contributed by atoms with E-state index in [1.165, 1.54) is 6.20 Å². The molecule has 2 aromatic heterocycles. The second-order valence-electron chi connectivity index (χ2n) is 4.19. The van der Waals surface area contributed by atoms with Gasteiger partial charge in [-0.2, -0.15) is 0 Å². The molecule has 0 saturated carbocycles. The molecule has 6 nitrogen and oxygen atoms in total. The summed E-state index contributed by atoms with van der Waals surface area (Å²) in [6, 6.07) is 6.85. The molecule has 0 radical (unpaired) electrons. The van der Waals surface area contributed by atoms with E-state index in [4.69, 9.17) is 10.8 Å². The van der Waals surface area contributed by atoms with Crippen molar-refractivity contribution >= 4 is 34.5 Å². The molecule has 0 bridgehead atoms. The van der Waals surface area contributed by atoms with E-state index in [2.05, 4.69) is 21.9 Å². The summed E-state index contributed by atoms with van der Waals surface area (Å²) in [5.41, 5.74) is 7.13. The number of carboxylic acids is 1. The lowest BCUT2D eigenvalue weighted by Crippen LogP contribution is -2.21. The summed E-state index contributed by atoms with van der Waals surface area (Å²) in [6.07, 6.45) is 6.45. The third kappa shape index (κ3) is 4.29. The molecule has 0 aliphatic heterocycles. The molecule has 0 atom stereocenters. The van der Waals surface area contributed by atoms with Crippen molar-refractivity contribution in [3.8, 4) is 0 Å². The molecule has 22 heavy (non-hydrogen) atoms. The fourth-order valence-electron chi connectivity index (χ4n) is 1.53. The van der Waals surface area contributed by atoms with Gasteiger partial charge >= 0.3 is 5.97 Å². The normalized spacial score (nSPS) is 11.5. The van der Waals surface area contributed by atoms with Crippen molar-refractivity contribution < 1.29 is 9.90 Å². The summed E-state index contributed by atoms with van der Waals surface area (Å²) in [5.74, 6) is -0.731. The van der Waals surface area contributed by atoms with Crippen LogP contribution in [0.1, 0.15) is 14.5 Å². The number of nitrogens with one attached hydrogen (secondary N) is 1. The molecule has 0 spiro atoms. The standard InChI is InChI=1S/C15H14N4O2S/c1-10(12-4-5-13(22-12)14(20)21)6-8-18-15(16)19-11-3-2-7-17-9-11/h2-9H,1H2,(H,20,21)(H3,16,18,19)/b8-6-. The van der Waals surface area contributed by atoms with Crippen LogP contribution in [0.3, 0.4) is 0 Å². The van der Waals surface area contributed by atoms with Crippen LogP contribution < -0.4 is 11.1 Å². The lowest BCUT2D eigenvalue weighted by Gasteiger charge is -2.02. The van der Waals surface area contributed by atoms with Gasteiger partial charge in [0.2, 0.25) is 0 Å². The number of rotatable bonds is 5. The van der Waals surface area contributed by atoms with Gasteiger partial charge in [0.1, 0.15) is 4.88 Å². The molecule has 112 valence electrons. The number of carboxylic acid groups (broad SMARTS) is 1. The lowest BCUT2D eigenvalue weighted by atomic mass is 10.2. The summed E-state index contributed by atoms with van der Waals surface area (Å²) in [7, 11) is 0. The van der Waals surface area contributed by atoms with E-state index < -0.39 is 5.97 Å². The van der Waals surface area contributed by atoms with Crippen molar-refractivity contribution in [2.45, 2.75) is 0 Å². The summed E-state index contributed by atoms with van der Waals surface area (Å²) >= 11 is 1.16. The van der Waals surface area contributed by atoms with Gasteiger partial charge in [-0.1, -0.05) is 6.58 Å². The molecule has 0 aromatic carbocycles. The quantitative estimate of drug-likeness (QED) is 0.447. The molecule has 0 saturated heterocycles. The predicted molar refractivity (Wildman–Crippen MR) is 88.9 cm³/mol. The number of aliphatic imine (C=N–C) groups is 1. The van der Waals surface area contributed by atoms with Crippen molar-refractivity contribution in [3.05, 3.63) is 65.3 Å². The van der Waals surface area contributed by atoms with Gasteiger partial charge < -0.3 is 16.2 Å². The Hall–Kier alpha value is -2.93. The molecule has 7 heteroatoms. The van der Waals surface area contributed by atoms with Crippen LogP contribution in [0.5, 0.6) is 0 Å². The van der Waals surface area contributed by atoms with Crippen molar-refractivity contribution in [2.75, 3.05) is 5.32 Å². The first-order chi connectivity index (χ1) is 10.6. The molecule has 2 heterocycles. The van der Waals surface area contributed by atoms with Gasteiger partial charge in [0, 0.05) is 17.3 Å². The summed E-state index contributed by atoms with van der Waals surface area (Å²) in [5, 5.41) is 11.8. The van der Waals surface area contributed by atoms with Crippen molar-refractivity contribution in [3.63, 3.8) is 0 Å². The average molecular weight is 314 g/mol. The first-order valence-corrected chi connectivity index (χ1v) is 7.07. The zero-order chi connectivity index (χ0) is 15.9. The number of anilines is 1. The van der Waals surface area contributed by atoms with Gasteiger partial charge in [0.15, 0.2) is 5.96 Å². The zero-order valence-corrected chi connectivity index (χ0v) is 12.4. The van der Waals surface area contributed by atoms with Gasteiger partial charge in [-0.3, -0.25) is 4.98 Å². The van der Waals surface area contributed by atoms with E-state index in [1.54, 1.807) is 36.7 Å². The van der Waals surface area contributed by atoms with Crippen molar-refractivity contribution in [2.24, 2.45) is 10.7 Å². The minimum absolute atomic E-state index is 0.217. The zero-order valence-electron chi connectivity index (χ0n) is 11.6. The van der Waals surface area contributed by atoms with Crippen molar-refractivity contribution in [1.29, 1.82) is 0 Å². The SMILES string of the molecule is C=C(/C=C\N=C(N)Nc1cccnc1)c1ccc(C(=O)O)s1. The molecule has 0 amide bonds. The third-order valence-electron chi connectivity index (χ3n) is 2.56. The van der Waals surface area contributed by atoms with E-state index in [0.29, 0.717) is 5.57 Å². The Balaban J connectivity index is 1.97. The van der Waals surface area contributed by atoms with Crippen LogP contribution in [0.2, 0.25) is 0 Å². The number of guanidine groups is 1. The number of aromatic nitrogens is 1. The number of hydrogen-bond donors (Lipinski definition) is 3. The number of nitrogens with zero attached hydrogens (tertiary/aromatic N) is 2. The van der Waals surface area contributed by atoms with E-state index in [1.807, 2.05) is 6.07 Å². The van der Waals surface area contributed by atoms with Gasteiger partial charge in [-0.15, -0.1) is 11.3 Å². The molecule has 2 aromatic rings. The smallest absolute Gasteiger partial charge is 0.345 e. The molecule has 0 unspecified atom stereocenters. The Labute approximate surface area is 131 Å². The lowest BCUT2D eigenvalue weighted by molar-refractivity contribution is 0.0702. The maximum atomic E-state index is 10.8. The minimum atomic E-state index is -0.948. The highest BCUT2D eigenvalue weighted by Crippen LogP contribution is 2.23. The Morgan fingerprint density at radius 3 is 2.82 bits per heavy atom. The van der Waals surface area contributed by atoms with Gasteiger partial charge in [-0.25, -0.2) is 9.79 Å². The summed E-state index contributed by atoms with van der Waals surface area (Å²) in [4.78, 5) is 19.8. The molecule has 4 N–H and O–H groups in total. The van der Waals surface area contributed by atoms with E-state index in [0.717, 1.165) is 21.9 Å². The second-order valence-corrected chi connectivity index (χ2v) is 5.27. The number of carbonyl (C=O) groups is 1. The van der Waals surface area contributed by atoms with Crippen LogP contribution in [0.15, 0.2) is 60.5 Å². The topological polar surface area (TPSA) is 101 Å². The van der Waals surface area contributed by atoms with Crippen LogP contribution in [0.25, 0.3) is 5.57 Å². The summed E-state index contributed by atoms with van der Waals surface area (Å²) < 4.78 is 0. The van der Waals surface area contributed by atoms with Crippen LogP contribution in [0.4, 0.5) is 5.69 Å². The Morgan fingerprint density at radius 2 is 2.18 bits per heavy atom. The monoisotopic (exact) mass is 314 g/mol. The van der Waals surface area contributed by atoms with Crippen LogP contribution >= 0.6 is 11.3 Å². The van der Waals surface area contributed by atoms with E-state index in [9.17, 15) is 4.79 Å². The molecule has 0 aliphatic carbocycles. The number of nitrogens with two attached hydrogens (primary N) is 1. The Morgan fingerprint density at radius 1 is 1.41 bits per heavy atom. The minimum Gasteiger partial charge on any atom is -0.477 e. The van der Waals surface area contributed by atoms with Crippen molar-refractivity contribution in [1.82, 2.24) is 4.98 Å². The highest BCUT2D eigenvalue weighted by atomic mass is 32.1. The molecular weight excluding hydrogens is 300 g/mol. The van der Waals surface area contributed by atoms with E-state index in [-0.39, 0.29) is 10.8 Å². The first-order valence-electron chi connectivity index (χ1n) is 6.25. The highest BCUT2D eigenvalue weighted by Gasteiger charge is 2.07. The fourth-order valence-corrected chi connectivity index (χ4v) is 2.33. The summed E-state index contributed by atoms with van der Waals surface area (Å²) in [6.45, 7) is 3.87. The van der Waals surface area contributed by atoms with Gasteiger partial charge in [0.25, 0.3) is 0 Å². The molecule has 0 aliphatic rings. The van der Waals surface area contributed by atoms with Crippen LogP contribution in [0, 0.1) is 0 Å². The molecule has 2 rings (SSSR count). The molecule has 0 fully saturated rings. The number of hydrogen-bond acceptors (Lipinski definition) is 4. The Bertz CT molecular complexity index is 735. The predicted octanol–water partition coefficient (Wildman–Crippen LogP) is 2.80. The maximum Gasteiger partial charge on any atom is 0.345 e. The van der Waals surface area contributed by atoms with Crippen LogP contribution in [-0.4, -0.2) is 22.0 Å². The first kappa shape index (κ1) is 15.5. The highest BCUT2D eigenvalue weighted by molar-refractivity contribution is 7.15. The fraction of sp³-hybridized carbons (Fsp3) is 0. The largest absolute Gasteiger partial charge is 0.477 e. The number of aromatic carboxylic acids is 1. The maximum absolute atomic E-state index is 10.8. The average Bonchev–Trinajstić information content (AvgIpc) is 2.98. The third-order valence-corrected chi connectivity index (χ3v) is 3.71. The Kier molecular flexibility index (Phi) is 5.05. The second kappa shape index (κ2) is 7.19. The van der Waals surface area contributed by atoms with Gasteiger partial charge in [0.05, 0.1) is 11.9 Å².